The molecule has 2 rings (SSSR count). The number of alkyl halides is 1. The van der Waals surface area contributed by atoms with Gasteiger partial charge in [0.15, 0.2) is 0 Å². The van der Waals surface area contributed by atoms with E-state index < -0.39 is 0 Å². The van der Waals surface area contributed by atoms with Crippen molar-refractivity contribution in [1.82, 2.24) is 0 Å². The molecule has 1 fully saturated rings. The van der Waals surface area contributed by atoms with E-state index in [0.717, 1.165) is 0 Å². The van der Waals surface area contributed by atoms with Crippen LogP contribution >= 0.6 is 23.2 Å². The fourth-order valence-corrected chi connectivity index (χ4v) is 2.40. The Balaban J connectivity index is 2.37. The van der Waals surface area contributed by atoms with Gasteiger partial charge in [-0.3, -0.25) is 0 Å². The number of benzene rings is 1. The monoisotopic (exact) mass is 248 g/mol. The molecular formula is C11H11Cl2FO. The Morgan fingerprint density at radius 2 is 2.13 bits per heavy atom. The zero-order chi connectivity index (χ0) is 10.9. The molecule has 1 nitrogen and oxygen atoms in total. The zero-order valence-corrected chi connectivity index (χ0v) is 9.61. The fourth-order valence-electron chi connectivity index (χ4n) is 1.87. The maximum Gasteiger partial charge on any atom is 0.127 e. The summed E-state index contributed by atoms with van der Waals surface area (Å²) in [7, 11) is 0. The first kappa shape index (κ1) is 11.2. The highest BCUT2D eigenvalue weighted by atomic mass is 35.5. The quantitative estimate of drug-likeness (QED) is 0.746. The van der Waals surface area contributed by atoms with Crippen LogP contribution in [-0.2, 0) is 10.2 Å². The third-order valence-corrected chi connectivity index (χ3v) is 3.25. The van der Waals surface area contributed by atoms with Gasteiger partial charge in [0, 0.05) is 21.9 Å². The van der Waals surface area contributed by atoms with Crippen LogP contribution in [-0.4, -0.2) is 19.1 Å². The lowest BCUT2D eigenvalue weighted by molar-refractivity contribution is -0.0631. The molecule has 0 aliphatic carbocycles. The lowest BCUT2D eigenvalue weighted by Gasteiger charge is -2.41. The van der Waals surface area contributed by atoms with Crippen molar-refractivity contribution in [3.05, 3.63) is 34.6 Å². The van der Waals surface area contributed by atoms with Crippen molar-refractivity contribution in [3.63, 3.8) is 0 Å². The lowest BCUT2D eigenvalue weighted by atomic mass is 9.76. The van der Waals surface area contributed by atoms with Gasteiger partial charge < -0.3 is 4.74 Å². The second-order valence-corrected chi connectivity index (χ2v) is 4.65. The molecule has 1 aromatic rings. The highest BCUT2D eigenvalue weighted by molar-refractivity contribution is 6.30. The Morgan fingerprint density at radius 3 is 2.67 bits per heavy atom. The smallest absolute Gasteiger partial charge is 0.127 e. The first-order valence-electron chi connectivity index (χ1n) is 4.77. The topological polar surface area (TPSA) is 9.23 Å². The summed E-state index contributed by atoms with van der Waals surface area (Å²) in [6.07, 6.45) is 0.714. The average Bonchev–Trinajstić information content (AvgIpc) is 2.16. The molecule has 0 amide bonds. The van der Waals surface area contributed by atoms with Crippen molar-refractivity contribution in [2.24, 2.45) is 0 Å². The van der Waals surface area contributed by atoms with E-state index in [1.54, 1.807) is 12.1 Å². The van der Waals surface area contributed by atoms with Crippen molar-refractivity contribution in [1.29, 1.82) is 0 Å². The van der Waals surface area contributed by atoms with Gasteiger partial charge in [-0.15, -0.1) is 11.6 Å². The molecule has 1 heterocycles. The van der Waals surface area contributed by atoms with Gasteiger partial charge in [0.1, 0.15) is 5.82 Å². The van der Waals surface area contributed by atoms with Gasteiger partial charge in [0.2, 0.25) is 0 Å². The molecule has 4 heteroatoms. The molecular weight excluding hydrogens is 238 g/mol. The second kappa shape index (κ2) is 4.28. The minimum absolute atomic E-state index is 0.229. The van der Waals surface area contributed by atoms with E-state index in [2.05, 4.69) is 0 Å². The number of hydrogen-bond donors (Lipinski definition) is 0. The van der Waals surface area contributed by atoms with E-state index in [0.29, 0.717) is 36.1 Å². The molecule has 1 aliphatic heterocycles. The molecule has 0 saturated carbocycles. The lowest BCUT2D eigenvalue weighted by Crippen LogP contribution is -2.47. The number of halogens is 3. The molecule has 0 aromatic heterocycles. The Labute approximate surface area is 98.1 Å². The van der Waals surface area contributed by atoms with E-state index in [-0.39, 0.29) is 11.2 Å². The Hall–Kier alpha value is -0.310. The van der Waals surface area contributed by atoms with Crippen molar-refractivity contribution < 1.29 is 9.13 Å². The van der Waals surface area contributed by atoms with Gasteiger partial charge in [-0.25, -0.2) is 4.39 Å². The molecule has 1 saturated heterocycles. The summed E-state index contributed by atoms with van der Waals surface area (Å²) >= 11 is 11.6. The Kier molecular flexibility index (Phi) is 3.19. The van der Waals surface area contributed by atoms with Gasteiger partial charge in [-0.1, -0.05) is 11.6 Å². The van der Waals surface area contributed by atoms with Crippen LogP contribution in [0, 0.1) is 5.82 Å². The summed E-state index contributed by atoms with van der Waals surface area (Å²) in [6, 6.07) is 4.62. The van der Waals surface area contributed by atoms with Crippen LogP contribution in [0.25, 0.3) is 0 Å². The molecule has 82 valence electrons. The average molecular weight is 249 g/mol. The van der Waals surface area contributed by atoms with Gasteiger partial charge in [-0.2, -0.15) is 0 Å². The predicted octanol–water partition coefficient (Wildman–Crippen LogP) is 3.38. The Bertz CT molecular complexity index is 364. The van der Waals surface area contributed by atoms with Crippen LogP contribution in [0.3, 0.4) is 0 Å². The van der Waals surface area contributed by atoms with Gasteiger partial charge in [0.25, 0.3) is 0 Å². The van der Waals surface area contributed by atoms with Crippen LogP contribution < -0.4 is 0 Å². The summed E-state index contributed by atoms with van der Waals surface area (Å²) in [5, 5.41) is 0.548. The number of hydrogen-bond acceptors (Lipinski definition) is 1. The van der Waals surface area contributed by atoms with E-state index in [1.165, 1.54) is 6.07 Å². The number of rotatable bonds is 3. The van der Waals surface area contributed by atoms with E-state index >= 15 is 0 Å². The predicted molar refractivity (Wildman–Crippen MR) is 59.2 cm³/mol. The van der Waals surface area contributed by atoms with Crippen LogP contribution in [0.15, 0.2) is 18.2 Å². The third-order valence-electron chi connectivity index (χ3n) is 2.83. The number of ether oxygens (including phenoxy) is 1. The van der Waals surface area contributed by atoms with Crippen molar-refractivity contribution in [2.45, 2.75) is 11.8 Å². The third kappa shape index (κ3) is 1.99. The minimum Gasteiger partial charge on any atom is -0.379 e. The SMILES string of the molecule is Fc1ccc(Cl)cc1C1(CCCl)COC1. The molecule has 1 aliphatic rings. The van der Waals surface area contributed by atoms with Crippen LogP contribution in [0.4, 0.5) is 4.39 Å². The minimum atomic E-state index is -0.267. The van der Waals surface area contributed by atoms with Crippen molar-refractivity contribution in [2.75, 3.05) is 19.1 Å². The van der Waals surface area contributed by atoms with E-state index in [4.69, 9.17) is 27.9 Å². The van der Waals surface area contributed by atoms with Gasteiger partial charge in [0.05, 0.1) is 13.2 Å². The normalized spacial score (nSPS) is 18.6. The highest BCUT2D eigenvalue weighted by Gasteiger charge is 2.41. The van der Waals surface area contributed by atoms with Crippen molar-refractivity contribution in [3.8, 4) is 0 Å². The fraction of sp³-hybridized carbons (Fsp3) is 0.455. The van der Waals surface area contributed by atoms with E-state index in [1.807, 2.05) is 0 Å². The summed E-state index contributed by atoms with van der Waals surface area (Å²) in [5.74, 6) is 0.266. The molecule has 0 atom stereocenters. The standard InChI is InChI=1S/C11H11Cl2FO/c12-4-3-11(6-15-7-11)9-5-8(13)1-2-10(9)14/h1-2,5H,3-4,6-7H2. The molecule has 0 bridgehead atoms. The van der Waals surface area contributed by atoms with Crippen molar-refractivity contribution >= 4 is 23.2 Å². The molecule has 0 N–H and O–H groups in total. The molecule has 0 unspecified atom stereocenters. The van der Waals surface area contributed by atoms with Crippen LogP contribution in [0.5, 0.6) is 0 Å². The summed E-state index contributed by atoms with van der Waals surface area (Å²) < 4.78 is 18.8. The summed E-state index contributed by atoms with van der Waals surface area (Å²) in [4.78, 5) is 0. The molecule has 1 aromatic carbocycles. The summed E-state index contributed by atoms with van der Waals surface area (Å²) in [5.41, 5.74) is 0.360. The maximum absolute atomic E-state index is 13.7. The maximum atomic E-state index is 13.7. The van der Waals surface area contributed by atoms with Crippen LogP contribution in [0.1, 0.15) is 12.0 Å². The molecule has 15 heavy (non-hydrogen) atoms. The second-order valence-electron chi connectivity index (χ2n) is 3.84. The molecule has 0 radical (unpaired) electrons. The molecule has 0 spiro atoms. The van der Waals surface area contributed by atoms with E-state index in [9.17, 15) is 4.39 Å². The van der Waals surface area contributed by atoms with Crippen LogP contribution in [0.2, 0.25) is 5.02 Å². The first-order chi connectivity index (χ1) is 7.18. The van der Waals surface area contributed by atoms with Gasteiger partial charge >= 0.3 is 0 Å². The first-order valence-corrected chi connectivity index (χ1v) is 5.68. The summed E-state index contributed by atoms with van der Waals surface area (Å²) in [6.45, 7) is 1.05. The zero-order valence-electron chi connectivity index (χ0n) is 8.10. The van der Waals surface area contributed by atoms with Gasteiger partial charge in [-0.05, 0) is 24.6 Å². The Morgan fingerprint density at radius 1 is 1.40 bits per heavy atom. The highest BCUT2D eigenvalue weighted by Crippen LogP contribution is 2.38. The largest absolute Gasteiger partial charge is 0.379 e.